The van der Waals surface area contributed by atoms with Crippen molar-refractivity contribution < 1.29 is 4.79 Å². The fourth-order valence-corrected chi connectivity index (χ4v) is 4.08. The molecule has 0 radical (unpaired) electrons. The molecule has 1 unspecified atom stereocenters. The first kappa shape index (κ1) is 18.7. The van der Waals surface area contributed by atoms with Crippen LogP contribution in [0.25, 0.3) is 0 Å². The van der Waals surface area contributed by atoms with E-state index in [0.29, 0.717) is 11.8 Å². The first-order chi connectivity index (χ1) is 12.5. The molecular weight excluding hydrogens is 318 g/mol. The van der Waals surface area contributed by atoms with E-state index in [1.807, 2.05) is 0 Å². The summed E-state index contributed by atoms with van der Waals surface area (Å²) in [6, 6.07) is 17.4. The van der Waals surface area contributed by atoms with Gasteiger partial charge >= 0.3 is 0 Å². The molecule has 1 fully saturated rings. The minimum Gasteiger partial charge on any atom is -0.326 e. The summed E-state index contributed by atoms with van der Waals surface area (Å²) in [4.78, 5) is 11.4. The number of rotatable bonds is 7. The van der Waals surface area contributed by atoms with E-state index in [1.165, 1.54) is 42.4 Å². The lowest BCUT2D eigenvalue weighted by atomic mass is 9.74. The Kier molecular flexibility index (Phi) is 6.13. The van der Waals surface area contributed by atoms with Gasteiger partial charge in [0.1, 0.15) is 0 Å². The number of hydrogen-bond donors (Lipinski definition) is 1. The monoisotopic (exact) mass is 349 g/mol. The number of nitrogens with one attached hydrogen (secondary N) is 1. The van der Waals surface area contributed by atoms with Crippen LogP contribution in [0.3, 0.4) is 0 Å². The zero-order chi connectivity index (χ0) is 18.5. The maximum atomic E-state index is 11.4. The smallest absolute Gasteiger partial charge is 0.221 e. The van der Waals surface area contributed by atoms with Crippen LogP contribution >= 0.6 is 0 Å². The average Bonchev–Trinajstić information content (AvgIpc) is 2.57. The van der Waals surface area contributed by atoms with Gasteiger partial charge in [-0.3, -0.25) is 4.79 Å². The van der Waals surface area contributed by atoms with Crippen molar-refractivity contribution >= 4 is 11.6 Å². The highest BCUT2D eigenvalue weighted by atomic mass is 16.1. The van der Waals surface area contributed by atoms with Crippen LogP contribution in [-0.2, 0) is 11.2 Å². The molecule has 1 saturated carbocycles. The molecule has 3 rings (SSSR count). The van der Waals surface area contributed by atoms with Gasteiger partial charge in [0.25, 0.3) is 0 Å². The summed E-state index contributed by atoms with van der Waals surface area (Å²) in [5.41, 5.74) is 5.16. The Labute approximate surface area is 158 Å². The van der Waals surface area contributed by atoms with Crippen molar-refractivity contribution in [2.45, 2.75) is 64.7 Å². The summed E-state index contributed by atoms with van der Waals surface area (Å²) in [5.74, 6) is 1.85. The van der Waals surface area contributed by atoms with Gasteiger partial charge in [-0.2, -0.15) is 0 Å². The third kappa shape index (κ3) is 4.75. The molecule has 0 heterocycles. The lowest BCUT2D eigenvalue weighted by Crippen LogP contribution is -2.18. The largest absolute Gasteiger partial charge is 0.326 e. The predicted octanol–water partition coefficient (Wildman–Crippen LogP) is 6.28. The molecule has 2 aromatic rings. The van der Waals surface area contributed by atoms with E-state index >= 15 is 0 Å². The van der Waals surface area contributed by atoms with E-state index in [9.17, 15) is 4.79 Å². The topological polar surface area (TPSA) is 29.1 Å². The molecule has 0 saturated heterocycles. The van der Waals surface area contributed by atoms with Gasteiger partial charge in [0.05, 0.1) is 0 Å². The average molecular weight is 350 g/mol. The Morgan fingerprint density at radius 1 is 1.08 bits per heavy atom. The van der Waals surface area contributed by atoms with Crippen molar-refractivity contribution in [1.29, 1.82) is 0 Å². The summed E-state index contributed by atoms with van der Waals surface area (Å²) >= 11 is 0. The van der Waals surface area contributed by atoms with Crippen molar-refractivity contribution in [2.75, 3.05) is 5.32 Å². The number of carbonyl (C=O) groups is 1. The third-order valence-electron chi connectivity index (χ3n) is 5.64. The first-order valence-corrected chi connectivity index (χ1v) is 9.98. The molecule has 1 aliphatic rings. The fourth-order valence-electron chi connectivity index (χ4n) is 4.08. The minimum absolute atomic E-state index is 0.0113. The zero-order valence-corrected chi connectivity index (χ0v) is 16.3. The standard InChI is InChI=1S/C24H31NO/c1-17(2)24-16-22(25-18(3)26)12-13-23(24)21(15-20-10-7-11-20)14-19-8-5-4-6-9-19/h4-6,8-9,12-13,16-17,20-21H,7,10-11,14-15H2,1-3H3,(H,25,26). The lowest BCUT2D eigenvalue weighted by molar-refractivity contribution is -0.114. The number of amides is 1. The third-order valence-corrected chi connectivity index (χ3v) is 5.64. The summed E-state index contributed by atoms with van der Waals surface area (Å²) in [7, 11) is 0. The van der Waals surface area contributed by atoms with Gasteiger partial charge in [-0.1, -0.05) is 69.5 Å². The zero-order valence-electron chi connectivity index (χ0n) is 16.3. The van der Waals surface area contributed by atoms with Gasteiger partial charge in [-0.15, -0.1) is 0 Å². The molecule has 26 heavy (non-hydrogen) atoms. The maximum Gasteiger partial charge on any atom is 0.221 e. The summed E-state index contributed by atoms with van der Waals surface area (Å²) in [6.45, 7) is 6.07. The number of carbonyl (C=O) groups excluding carboxylic acids is 1. The minimum atomic E-state index is -0.0113. The molecule has 1 N–H and O–H groups in total. The van der Waals surface area contributed by atoms with E-state index in [2.05, 4.69) is 67.7 Å². The van der Waals surface area contributed by atoms with Crippen LogP contribution < -0.4 is 5.32 Å². The van der Waals surface area contributed by atoms with Gasteiger partial charge in [0.2, 0.25) is 5.91 Å². The van der Waals surface area contributed by atoms with Crippen molar-refractivity contribution in [1.82, 2.24) is 0 Å². The first-order valence-electron chi connectivity index (χ1n) is 9.98. The number of benzene rings is 2. The highest BCUT2D eigenvalue weighted by Crippen LogP contribution is 2.40. The van der Waals surface area contributed by atoms with Gasteiger partial charge in [-0.05, 0) is 59.4 Å². The molecule has 2 aromatic carbocycles. The van der Waals surface area contributed by atoms with Crippen molar-refractivity contribution in [2.24, 2.45) is 5.92 Å². The lowest BCUT2D eigenvalue weighted by Gasteiger charge is -2.31. The van der Waals surface area contributed by atoms with E-state index in [4.69, 9.17) is 0 Å². The molecule has 0 aliphatic heterocycles. The van der Waals surface area contributed by atoms with Crippen molar-refractivity contribution in [3.63, 3.8) is 0 Å². The summed E-state index contributed by atoms with van der Waals surface area (Å²) in [5, 5.41) is 2.94. The van der Waals surface area contributed by atoms with E-state index in [0.717, 1.165) is 18.0 Å². The van der Waals surface area contributed by atoms with Gasteiger partial charge in [0, 0.05) is 12.6 Å². The molecule has 0 spiro atoms. The van der Waals surface area contributed by atoms with Crippen LogP contribution in [0.4, 0.5) is 5.69 Å². The van der Waals surface area contributed by atoms with E-state index in [-0.39, 0.29) is 5.91 Å². The molecule has 1 amide bonds. The molecule has 1 atom stereocenters. The van der Waals surface area contributed by atoms with Crippen LogP contribution in [-0.4, -0.2) is 5.91 Å². The summed E-state index contributed by atoms with van der Waals surface area (Å²) in [6.07, 6.45) is 6.52. The Hall–Kier alpha value is -2.09. The molecule has 0 bridgehead atoms. The van der Waals surface area contributed by atoms with Gasteiger partial charge < -0.3 is 5.32 Å². The predicted molar refractivity (Wildman–Crippen MR) is 110 cm³/mol. The van der Waals surface area contributed by atoms with E-state index in [1.54, 1.807) is 6.92 Å². The molecule has 138 valence electrons. The molecule has 0 aromatic heterocycles. The molecule has 1 aliphatic carbocycles. The highest BCUT2D eigenvalue weighted by Gasteiger charge is 2.25. The second-order valence-corrected chi connectivity index (χ2v) is 8.10. The van der Waals surface area contributed by atoms with Crippen LogP contribution in [0.1, 0.15) is 75.0 Å². The maximum absolute atomic E-state index is 11.4. The van der Waals surface area contributed by atoms with Crippen molar-refractivity contribution in [3.8, 4) is 0 Å². The van der Waals surface area contributed by atoms with Crippen LogP contribution in [0.15, 0.2) is 48.5 Å². The Morgan fingerprint density at radius 3 is 2.38 bits per heavy atom. The fraction of sp³-hybridized carbons (Fsp3) is 0.458. The van der Waals surface area contributed by atoms with Gasteiger partial charge in [0.15, 0.2) is 0 Å². The molecule has 2 heteroatoms. The molecular formula is C24H31NO. The highest BCUT2D eigenvalue weighted by molar-refractivity contribution is 5.88. The van der Waals surface area contributed by atoms with Crippen LogP contribution in [0.2, 0.25) is 0 Å². The summed E-state index contributed by atoms with van der Waals surface area (Å²) < 4.78 is 0. The van der Waals surface area contributed by atoms with Crippen molar-refractivity contribution in [3.05, 3.63) is 65.2 Å². The van der Waals surface area contributed by atoms with E-state index < -0.39 is 0 Å². The Morgan fingerprint density at radius 2 is 1.81 bits per heavy atom. The van der Waals surface area contributed by atoms with Crippen LogP contribution in [0, 0.1) is 5.92 Å². The normalized spacial score (nSPS) is 15.5. The Bertz CT molecular complexity index is 731. The number of anilines is 1. The number of hydrogen-bond acceptors (Lipinski definition) is 1. The molecule has 2 nitrogen and oxygen atoms in total. The SMILES string of the molecule is CC(=O)Nc1ccc(C(Cc2ccccc2)CC2CCC2)c(C(C)C)c1. The van der Waals surface area contributed by atoms with Gasteiger partial charge in [-0.25, -0.2) is 0 Å². The van der Waals surface area contributed by atoms with Crippen LogP contribution in [0.5, 0.6) is 0 Å². The quantitative estimate of drug-likeness (QED) is 0.626. The Balaban J connectivity index is 1.91. The second kappa shape index (κ2) is 8.53. The second-order valence-electron chi connectivity index (χ2n) is 8.10.